The van der Waals surface area contributed by atoms with E-state index in [1.807, 2.05) is 18.2 Å². The molecule has 0 fully saturated rings. The molecule has 2 aromatic rings. The Morgan fingerprint density at radius 1 is 1.03 bits per heavy atom. The van der Waals surface area contributed by atoms with Crippen molar-refractivity contribution in [2.45, 2.75) is 18.4 Å². The highest BCUT2D eigenvalue weighted by Gasteiger charge is 2.40. The second-order valence-electron chi connectivity index (χ2n) is 7.03. The summed E-state index contributed by atoms with van der Waals surface area (Å²) in [6.45, 7) is 0. The molecule has 0 saturated heterocycles. The van der Waals surface area contributed by atoms with Crippen LogP contribution >= 0.6 is 0 Å². The number of nitrogens with zero attached hydrogens (tertiary/aromatic N) is 2. The Labute approximate surface area is 166 Å². The smallest absolute Gasteiger partial charge is 0.311 e. The van der Waals surface area contributed by atoms with E-state index in [1.54, 1.807) is 12.1 Å². The molecule has 1 N–H and O–H groups in total. The van der Waals surface area contributed by atoms with Crippen LogP contribution in [-0.4, -0.2) is 24.1 Å². The van der Waals surface area contributed by atoms with Crippen molar-refractivity contribution in [3.05, 3.63) is 73.8 Å². The third-order valence-electron chi connectivity index (χ3n) is 5.61. The highest BCUT2D eigenvalue weighted by Crippen LogP contribution is 2.53. The Hall–Kier alpha value is -3.62. The molecule has 1 heterocycles. The first kappa shape index (κ1) is 18.7. The quantitative estimate of drug-likeness (QED) is 0.453. The van der Waals surface area contributed by atoms with Crippen LogP contribution in [0.25, 0.3) is 0 Å². The highest BCUT2D eigenvalue weighted by molar-refractivity contribution is 5.71. The number of ether oxygens (including phenoxy) is 2. The van der Waals surface area contributed by atoms with Gasteiger partial charge in [-0.1, -0.05) is 18.2 Å². The Morgan fingerprint density at radius 3 is 2.45 bits per heavy atom. The van der Waals surface area contributed by atoms with Crippen LogP contribution in [0.2, 0.25) is 0 Å². The SMILES string of the molecule is COc1ccc(C2Nc3c(OC)cc([N+](=O)[O-])cc3C3C=CCC32)cc1[N+](=O)[O-]. The summed E-state index contributed by atoms with van der Waals surface area (Å²) >= 11 is 0. The van der Waals surface area contributed by atoms with Crippen LogP contribution in [0.3, 0.4) is 0 Å². The first-order valence-corrected chi connectivity index (χ1v) is 9.06. The lowest BCUT2D eigenvalue weighted by Crippen LogP contribution is -2.29. The number of hydrogen-bond donors (Lipinski definition) is 1. The number of benzene rings is 2. The second-order valence-corrected chi connectivity index (χ2v) is 7.03. The number of nitro benzene ring substituents is 2. The summed E-state index contributed by atoms with van der Waals surface area (Å²) in [6.07, 6.45) is 4.84. The van der Waals surface area contributed by atoms with Gasteiger partial charge < -0.3 is 14.8 Å². The number of anilines is 1. The first-order chi connectivity index (χ1) is 13.9. The number of fused-ring (bicyclic) bond motifs is 3. The maximum atomic E-state index is 11.5. The lowest BCUT2D eigenvalue weighted by atomic mass is 9.76. The Bertz CT molecular complexity index is 1040. The zero-order chi connectivity index (χ0) is 20.7. The maximum Gasteiger partial charge on any atom is 0.311 e. The van der Waals surface area contributed by atoms with Crippen molar-refractivity contribution in [3.8, 4) is 11.5 Å². The van der Waals surface area contributed by atoms with Gasteiger partial charge in [0.05, 0.1) is 41.9 Å². The zero-order valence-corrected chi connectivity index (χ0v) is 15.8. The number of nitrogens with one attached hydrogen (secondary N) is 1. The highest BCUT2D eigenvalue weighted by atomic mass is 16.6. The van der Waals surface area contributed by atoms with Crippen molar-refractivity contribution < 1.29 is 19.3 Å². The van der Waals surface area contributed by atoms with Gasteiger partial charge in [0.2, 0.25) is 0 Å². The summed E-state index contributed by atoms with van der Waals surface area (Å²) in [5, 5.41) is 26.2. The molecule has 9 heteroatoms. The van der Waals surface area contributed by atoms with Gasteiger partial charge in [0, 0.05) is 18.1 Å². The molecule has 1 aliphatic heterocycles. The number of allylic oxidation sites excluding steroid dienone is 2. The normalized spacial score (nSPS) is 21.7. The monoisotopic (exact) mass is 397 g/mol. The van der Waals surface area contributed by atoms with Crippen LogP contribution in [0, 0.1) is 26.1 Å². The third kappa shape index (κ3) is 3.04. The molecular formula is C20H19N3O6. The molecule has 0 radical (unpaired) electrons. The average Bonchev–Trinajstić information content (AvgIpc) is 3.21. The van der Waals surface area contributed by atoms with E-state index in [4.69, 9.17) is 9.47 Å². The Morgan fingerprint density at radius 2 is 1.79 bits per heavy atom. The fraction of sp³-hybridized carbons (Fsp3) is 0.300. The van der Waals surface area contributed by atoms with Gasteiger partial charge >= 0.3 is 5.69 Å². The molecule has 2 aliphatic rings. The van der Waals surface area contributed by atoms with Crippen LogP contribution in [0.15, 0.2) is 42.5 Å². The minimum atomic E-state index is -0.465. The molecule has 0 spiro atoms. The molecular weight excluding hydrogens is 378 g/mol. The van der Waals surface area contributed by atoms with Crippen molar-refractivity contribution in [2.75, 3.05) is 19.5 Å². The Kier molecular flexibility index (Phi) is 4.57. The van der Waals surface area contributed by atoms with E-state index in [1.165, 1.54) is 26.4 Å². The molecule has 0 amide bonds. The van der Waals surface area contributed by atoms with Crippen molar-refractivity contribution in [3.63, 3.8) is 0 Å². The number of hydrogen-bond acceptors (Lipinski definition) is 7. The van der Waals surface area contributed by atoms with Gasteiger partial charge in [-0.15, -0.1) is 0 Å². The van der Waals surface area contributed by atoms with Gasteiger partial charge in [-0.05, 0) is 29.5 Å². The standard InChI is InChI=1S/C20H19N3O6/c1-28-17-7-6-11(8-16(17)23(26)27)19-14-5-3-4-13(14)15-9-12(22(24)25)10-18(29-2)20(15)21-19/h3-4,6-10,13-14,19,21H,5H2,1-2H3. The average molecular weight is 397 g/mol. The molecule has 3 unspecified atom stereocenters. The van der Waals surface area contributed by atoms with Gasteiger partial charge in [0.25, 0.3) is 5.69 Å². The van der Waals surface area contributed by atoms with Crippen LogP contribution < -0.4 is 14.8 Å². The van der Waals surface area contributed by atoms with Gasteiger partial charge in [-0.3, -0.25) is 20.2 Å². The summed E-state index contributed by atoms with van der Waals surface area (Å²) in [7, 11) is 2.86. The zero-order valence-electron chi connectivity index (χ0n) is 15.8. The van der Waals surface area contributed by atoms with Gasteiger partial charge in [-0.2, -0.15) is 0 Å². The molecule has 4 rings (SSSR count). The summed E-state index contributed by atoms with van der Waals surface area (Å²) < 4.78 is 10.5. The predicted molar refractivity (Wildman–Crippen MR) is 106 cm³/mol. The van der Waals surface area contributed by atoms with Gasteiger partial charge in [0.15, 0.2) is 5.75 Å². The number of methoxy groups -OCH3 is 2. The van der Waals surface area contributed by atoms with Crippen molar-refractivity contribution in [1.82, 2.24) is 0 Å². The summed E-state index contributed by atoms with van der Waals surface area (Å²) in [6, 6.07) is 7.66. The number of nitro groups is 2. The maximum absolute atomic E-state index is 11.5. The molecule has 1 aliphatic carbocycles. The van der Waals surface area contributed by atoms with Crippen molar-refractivity contribution >= 4 is 17.1 Å². The predicted octanol–water partition coefficient (Wildman–Crippen LogP) is 4.35. The summed E-state index contributed by atoms with van der Waals surface area (Å²) in [5.41, 5.74) is 2.10. The molecule has 150 valence electrons. The first-order valence-electron chi connectivity index (χ1n) is 9.06. The molecule has 9 nitrogen and oxygen atoms in total. The van der Waals surface area contributed by atoms with E-state index in [9.17, 15) is 20.2 Å². The Balaban J connectivity index is 1.83. The van der Waals surface area contributed by atoms with E-state index in [0.29, 0.717) is 11.4 Å². The van der Waals surface area contributed by atoms with E-state index < -0.39 is 9.85 Å². The van der Waals surface area contributed by atoms with Gasteiger partial charge in [-0.25, -0.2) is 0 Å². The molecule has 2 aromatic carbocycles. The van der Waals surface area contributed by atoms with E-state index in [0.717, 1.165) is 17.5 Å². The fourth-order valence-corrected chi connectivity index (χ4v) is 4.29. The van der Waals surface area contributed by atoms with Crippen molar-refractivity contribution in [2.24, 2.45) is 5.92 Å². The van der Waals surface area contributed by atoms with Crippen LogP contribution in [0.5, 0.6) is 11.5 Å². The largest absolute Gasteiger partial charge is 0.494 e. The topological polar surface area (TPSA) is 117 Å². The lowest BCUT2D eigenvalue weighted by molar-refractivity contribution is -0.385. The van der Waals surface area contributed by atoms with Crippen LogP contribution in [0.1, 0.15) is 29.5 Å². The minimum Gasteiger partial charge on any atom is -0.494 e. The third-order valence-corrected chi connectivity index (χ3v) is 5.61. The fourth-order valence-electron chi connectivity index (χ4n) is 4.29. The lowest BCUT2D eigenvalue weighted by Gasteiger charge is -2.38. The second kappa shape index (κ2) is 7.08. The van der Waals surface area contributed by atoms with Crippen LogP contribution in [0.4, 0.5) is 17.1 Å². The van der Waals surface area contributed by atoms with E-state index in [2.05, 4.69) is 5.32 Å². The molecule has 0 saturated carbocycles. The minimum absolute atomic E-state index is 0.0278. The van der Waals surface area contributed by atoms with Crippen molar-refractivity contribution in [1.29, 1.82) is 0 Å². The molecule has 0 aromatic heterocycles. The van der Waals surface area contributed by atoms with E-state index >= 15 is 0 Å². The number of rotatable bonds is 5. The van der Waals surface area contributed by atoms with Gasteiger partial charge in [0.1, 0.15) is 5.75 Å². The van der Waals surface area contributed by atoms with E-state index in [-0.39, 0.29) is 35.0 Å². The summed E-state index contributed by atoms with van der Waals surface area (Å²) in [4.78, 5) is 21.9. The van der Waals surface area contributed by atoms with Crippen LogP contribution in [-0.2, 0) is 0 Å². The molecule has 3 atom stereocenters. The summed E-state index contributed by atoms with van der Waals surface area (Å²) in [5.74, 6) is 0.596. The molecule has 0 bridgehead atoms. The molecule has 29 heavy (non-hydrogen) atoms. The number of non-ortho nitro benzene ring substituents is 1.